The molecule has 2 aliphatic heterocycles. The highest BCUT2D eigenvalue weighted by Gasteiger charge is 2.70. The van der Waals surface area contributed by atoms with Gasteiger partial charge in [0.25, 0.3) is 0 Å². The molecule has 0 aromatic heterocycles. The highest BCUT2D eigenvalue weighted by Crippen LogP contribution is 2.64. The summed E-state index contributed by atoms with van der Waals surface area (Å²) >= 11 is 6.39. The van der Waals surface area contributed by atoms with Crippen LogP contribution >= 0.6 is 11.6 Å². The Morgan fingerprint density at radius 2 is 1.57 bits per heavy atom. The van der Waals surface area contributed by atoms with E-state index in [-0.39, 0.29) is 35.8 Å². The van der Waals surface area contributed by atoms with E-state index in [1.54, 1.807) is 61.5 Å². The Kier molecular flexibility index (Phi) is 7.23. The lowest BCUT2D eigenvalue weighted by Crippen LogP contribution is -2.53. The lowest BCUT2D eigenvalue weighted by molar-refractivity contribution is -0.127. The van der Waals surface area contributed by atoms with Gasteiger partial charge >= 0.3 is 0 Å². The average Bonchev–Trinajstić information content (AvgIpc) is 3.50. The number of phenolic OH excluding ortho intramolecular Hbond substituents is 1. The van der Waals surface area contributed by atoms with Gasteiger partial charge in [-0.3, -0.25) is 24.1 Å². The van der Waals surface area contributed by atoms with Gasteiger partial charge in [0.05, 0.1) is 34.5 Å². The number of nitrogens with zero attached hydrogens (tertiary/aromatic N) is 2. The van der Waals surface area contributed by atoms with Gasteiger partial charge in [0.15, 0.2) is 0 Å². The minimum Gasteiger partial charge on any atom is -0.508 e. The number of aryl methyl sites for hydroxylation is 1. The first-order chi connectivity index (χ1) is 23.7. The molecule has 4 aromatic rings. The minimum absolute atomic E-state index is 0.114. The van der Waals surface area contributed by atoms with Crippen molar-refractivity contribution in [3.05, 3.63) is 143 Å². The molecule has 49 heavy (non-hydrogen) atoms. The van der Waals surface area contributed by atoms with Crippen LogP contribution in [-0.4, -0.2) is 28.7 Å². The first-order valence-electron chi connectivity index (χ1n) is 16.5. The number of amides is 4. The molecular weight excluding hydrogens is 636 g/mol. The maximum absolute atomic E-state index is 15.3. The van der Waals surface area contributed by atoms with E-state index in [0.29, 0.717) is 33.9 Å². The molecule has 8 rings (SSSR count). The summed E-state index contributed by atoms with van der Waals surface area (Å²) in [5.74, 6) is -4.48. The number of allylic oxidation sites excluding steroid dienone is 2. The van der Waals surface area contributed by atoms with Crippen LogP contribution in [-0.2, 0) is 24.6 Å². The van der Waals surface area contributed by atoms with Crippen LogP contribution in [0.2, 0.25) is 5.02 Å². The number of carbonyl (C=O) groups is 4. The monoisotopic (exact) mass is 668 g/mol. The van der Waals surface area contributed by atoms with E-state index in [1.165, 1.54) is 9.80 Å². The molecule has 0 spiro atoms. The summed E-state index contributed by atoms with van der Waals surface area (Å²) in [5, 5.41) is 11.0. The Hall–Kier alpha value is -5.27. The molecule has 0 radical (unpaired) electrons. The molecule has 6 unspecified atom stereocenters. The van der Waals surface area contributed by atoms with Gasteiger partial charge < -0.3 is 5.11 Å². The molecular formula is C41H33ClN2O5. The number of hydrogen-bond donors (Lipinski definition) is 1. The van der Waals surface area contributed by atoms with Gasteiger partial charge in [-0.25, -0.2) is 4.90 Å². The molecule has 6 atom stereocenters. The largest absolute Gasteiger partial charge is 0.508 e. The lowest BCUT2D eigenvalue weighted by Gasteiger charge is -2.50. The molecule has 1 saturated carbocycles. The molecule has 4 amide bonds. The second-order valence-electron chi connectivity index (χ2n) is 13.4. The fourth-order valence-electron chi connectivity index (χ4n) is 8.99. The van der Waals surface area contributed by atoms with Crippen molar-refractivity contribution in [2.24, 2.45) is 23.7 Å². The van der Waals surface area contributed by atoms with Crippen molar-refractivity contribution in [2.75, 3.05) is 9.80 Å². The van der Waals surface area contributed by atoms with E-state index in [1.807, 2.05) is 54.6 Å². The summed E-state index contributed by atoms with van der Waals surface area (Å²) in [6.07, 6.45) is 4.27. The van der Waals surface area contributed by atoms with E-state index in [4.69, 9.17) is 11.6 Å². The summed E-state index contributed by atoms with van der Waals surface area (Å²) in [5.41, 5.74) is 3.31. The van der Waals surface area contributed by atoms with Crippen molar-refractivity contribution in [1.82, 2.24) is 0 Å². The topological polar surface area (TPSA) is 95.0 Å². The zero-order chi connectivity index (χ0) is 34.2. The highest BCUT2D eigenvalue weighted by molar-refractivity contribution is 6.32. The van der Waals surface area contributed by atoms with Crippen LogP contribution in [0.25, 0.3) is 6.08 Å². The van der Waals surface area contributed by atoms with Crippen LogP contribution in [0.4, 0.5) is 11.4 Å². The van der Waals surface area contributed by atoms with E-state index < -0.39 is 35.0 Å². The molecule has 1 N–H and O–H groups in total. The minimum atomic E-state index is -1.37. The highest BCUT2D eigenvalue weighted by atomic mass is 35.5. The molecule has 4 aromatic carbocycles. The number of halogens is 1. The van der Waals surface area contributed by atoms with Crippen molar-refractivity contribution in [3.8, 4) is 5.75 Å². The number of anilines is 2. The Labute approximate surface area is 289 Å². The number of carbonyl (C=O) groups excluding carboxylic acids is 4. The summed E-state index contributed by atoms with van der Waals surface area (Å²) < 4.78 is 0. The van der Waals surface area contributed by atoms with Gasteiger partial charge in [0.2, 0.25) is 23.6 Å². The van der Waals surface area contributed by atoms with Crippen molar-refractivity contribution in [1.29, 1.82) is 0 Å². The van der Waals surface area contributed by atoms with Crippen molar-refractivity contribution >= 4 is 52.7 Å². The fraction of sp³-hybridized carbons (Fsp3) is 0.220. The standard InChI is InChI=1S/C41H33ClN2O5/c1-3-24-12-15-28(16-13-24)43-37(46)31-18-17-30-32(35(31)39(43)48)22-33-38(47)44(29-11-7-10-27(42)21-29)40(49)41(33,26-8-5-4-6-9-26)36(30)25-14-19-34(45)23(2)20-25/h3-17,19-21,31-33,35-36,45H,1,18,22H2,2H3. The molecule has 2 heterocycles. The molecule has 3 fully saturated rings. The smallest absolute Gasteiger partial charge is 0.246 e. The maximum atomic E-state index is 15.3. The van der Waals surface area contributed by atoms with E-state index >= 15 is 4.79 Å². The quantitative estimate of drug-likeness (QED) is 0.177. The number of rotatable bonds is 5. The third kappa shape index (κ3) is 4.41. The van der Waals surface area contributed by atoms with Gasteiger partial charge in [-0.1, -0.05) is 96.6 Å². The summed E-state index contributed by atoms with van der Waals surface area (Å²) in [6.45, 7) is 5.60. The molecule has 7 nitrogen and oxygen atoms in total. The Morgan fingerprint density at radius 1 is 0.816 bits per heavy atom. The maximum Gasteiger partial charge on any atom is 0.246 e. The first kappa shape index (κ1) is 31.0. The van der Waals surface area contributed by atoms with Gasteiger partial charge in [0, 0.05) is 10.9 Å². The van der Waals surface area contributed by atoms with Crippen LogP contribution in [0.5, 0.6) is 5.75 Å². The summed E-state index contributed by atoms with van der Waals surface area (Å²) in [6, 6.07) is 28.5. The molecule has 244 valence electrons. The second kappa shape index (κ2) is 11.4. The average molecular weight is 669 g/mol. The van der Waals surface area contributed by atoms with E-state index in [2.05, 4.69) is 6.58 Å². The third-order valence-corrected chi connectivity index (χ3v) is 11.3. The van der Waals surface area contributed by atoms with Crippen LogP contribution in [0.15, 0.2) is 115 Å². The number of phenols is 1. The number of imide groups is 2. The van der Waals surface area contributed by atoms with Gasteiger partial charge in [0.1, 0.15) is 5.75 Å². The number of fused-ring (bicyclic) bond motifs is 4. The van der Waals surface area contributed by atoms with Crippen LogP contribution < -0.4 is 9.80 Å². The molecule has 8 heteroatoms. The number of aromatic hydroxyl groups is 1. The summed E-state index contributed by atoms with van der Waals surface area (Å²) in [7, 11) is 0. The van der Waals surface area contributed by atoms with Crippen LogP contribution in [0, 0.1) is 30.6 Å². The Bertz CT molecular complexity index is 2110. The van der Waals surface area contributed by atoms with Gasteiger partial charge in [-0.05, 0) is 84.3 Å². The van der Waals surface area contributed by atoms with Crippen LogP contribution in [0.1, 0.15) is 41.0 Å². The zero-order valence-corrected chi connectivity index (χ0v) is 27.5. The SMILES string of the molecule is C=Cc1ccc(N2C(=O)C3CC=C4C(CC5C(=O)N(c6cccc(Cl)c6)C(=O)C5(c5ccccc5)C4c4ccc(O)c(C)c4)C3C2=O)cc1. The fourth-order valence-corrected chi connectivity index (χ4v) is 9.18. The Balaban J connectivity index is 1.34. The molecule has 0 bridgehead atoms. The van der Waals surface area contributed by atoms with Crippen molar-refractivity contribution < 1.29 is 24.3 Å². The lowest BCUT2D eigenvalue weighted by atomic mass is 9.49. The molecule has 2 aliphatic carbocycles. The third-order valence-electron chi connectivity index (χ3n) is 11.1. The molecule has 4 aliphatic rings. The number of hydrogen-bond acceptors (Lipinski definition) is 5. The van der Waals surface area contributed by atoms with Crippen molar-refractivity contribution in [3.63, 3.8) is 0 Å². The first-order valence-corrected chi connectivity index (χ1v) is 16.8. The Morgan fingerprint density at radius 3 is 2.27 bits per heavy atom. The number of benzene rings is 4. The molecule has 2 saturated heterocycles. The predicted octanol–water partition coefficient (Wildman–Crippen LogP) is 7.36. The zero-order valence-electron chi connectivity index (χ0n) is 26.8. The summed E-state index contributed by atoms with van der Waals surface area (Å²) in [4.78, 5) is 61.1. The van der Waals surface area contributed by atoms with Gasteiger partial charge in [-0.15, -0.1) is 0 Å². The van der Waals surface area contributed by atoms with Gasteiger partial charge in [-0.2, -0.15) is 0 Å². The van der Waals surface area contributed by atoms with E-state index in [0.717, 1.165) is 16.7 Å². The van der Waals surface area contributed by atoms with Crippen LogP contribution in [0.3, 0.4) is 0 Å². The second-order valence-corrected chi connectivity index (χ2v) is 13.9. The predicted molar refractivity (Wildman–Crippen MR) is 188 cm³/mol. The normalized spacial score (nSPS) is 27.5. The van der Waals surface area contributed by atoms with Crippen molar-refractivity contribution in [2.45, 2.75) is 31.1 Å². The van der Waals surface area contributed by atoms with E-state index in [9.17, 15) is 19.5 Å².